The quantitative estimate of drug-likeness (QED) is 0.134. The summed E-state index contributed by atoms with van der Waals surface area (Å²) in [6.07, 6.45) is -0.356. The van der Waals surface area contributed by atoms with E-state index in [0.29, 0.717) is 30.6 Å². The van der Waals surface area contributed by atoms with Gasteiger partial charge in [-0.2, -0.15) is 0 Å². The number of nitrogens with zero attached hydrogens (tertiary/aromatic N) is 1. The molecule has 3 aromatic carbocycles. The fourth-order valence-electron chi connectivity index (χ4n) is 6.02. The van der Waals surface area contributed by atoms with Crippen LogP contribution in [0.15, 0.2) is 48.5 Å². The van der Waals surface area contributed by atoms with E-state index in [-0.39, 0.29) is 55.4 Å². The number of hydrogen-bond acceptors (Lipinski definition) is 10. The molecule has 1 aliphatic heterocycles. The van der Waals surface area contributed by atoms with Gasteiger partial charge >= 0.3 is 12.1 Å². The second kappa shape index (κ2) is 17.5. The van der Waals surface area contributed by atoms with Crippen LogP contribution in [0.4, 0.5) is 13.6 Å². The van der Waals surface area contributed by atoms with Gasteiger partial charge in [-0.3, -0.25) is 14.4 Å². The highest BCUT2D eigenvalue weighted by Gasteiger charge is 2.42. The Morgan fingerprint density at radius 1 is 0.846 bits per heavy atom. The molecular formula is C38H44F2N2O10. The van der Waals surface area contributed by atoms with Crippen molar-refractivity contribution in [2.45, 2.75) is 64.8 Å². The molecule has 2 amide bonds. The highest BCUT2D eigenvalue weighted by Crippen LogP contribution is 2.36. The summed E-state index contributed by atoms with van der Waals surface area (Å²) >= 11 is 0. The van der Waals surface area contributed by atoms with Gasteiger partial charge in [0.25, 0.3) is 5.91 Å². The maximum Gasteiger partial charge on any atom is 0.398 e. The number of amides is 2. The van der Waals surface area contributed by atoms with Crippen LogP contribution in [0.25, 0.3) is 0 Å². The molecule has 1 heterocycles. The van der Waals surface area contributed by atoms with Crippen molar-refractivity contribution in [3.63, 3.8) is 0 Å². The maximum absolute atomic E-state index is 14.7. The third-order valence-electron chi connectivity index (χ3n) is 8.74. The normalized spacial score (nSPS) is 17.4. The number of carbonyl (C=O) groups is 4. The smallest absolute Gasteiger partial charge is 0.398 e. The minimum absolute atomic E-state index is 0.0128. The van der Waals surface area contributed by atoms with Gasteiger partial charge in [-0.25, -0.2) is 13.6 Å². The molecule has 1 fully saturated rings. The molecule has 0 saturated carbocycles. The number of nitrogens with one attached hydrogen (secondary N) is 1. The first kappa shape index (κ1) is 39.9. The van der Waals surface area contributed by atoms with E-state index < -0.39 is 51.6 Å². The summed E-state index contributed by atoms with van der Waals surface area (Å²) in [5, 5.41) is 15.6. The molecule has 52 heavy (non-hydrogen) atoms. The molecular weight excluding hydrogens is 682 g/mol. The van der Waals surface area contributed by atoms with Gasteiger partial charge in [-0.05, 0) is 72.2 Å². The molecule has 0 aliphatic carbocycles. The summed E-state index contributed by atoms with van der Waals surface area (Å²) in [5.74, 6) is -4.64. The number of quaternary nitrogens is 1. The van der Waals surface area contributed by atoms with Crippen LogP contribution in [0.2, 0.25) is 0 Å². The first-order chi connectivity index (χ1) is 24.7. The van der Waals surface area contributed by atoms with Gasteiger partial charge in [0.15, 0.2) is 31.0 Å². The largest absolute Gasteiger partial charge is 0.495 e. The van der Waals surface area contributed by atoms with E-state index in [9.17, 15) is 33.1 Å². The summed E-state index contributed by atoms with van der Waals surface area (Å²) < 4.78 is 48.6. The number of rotatable bonds is 13. The van der Waals surface area contributed by atoms with Crippen molar-refractivity contribution in [1.29, 1.82) is 0 Å². The third-order valence-corrected chi connectivity index (χ3v) is 8.74. The topological polar surface area (TPSA) is 150 Å². The third kappa shape index (κ3) is 9.11. The minimum Gasteiger partial charge on any atom is -0.495 e. The lowest BCUT2D eigenvalue weighted by atomic mass is 9.91. The van der Waals surface area contributed by atoms with E-state index in [1.807, 2.05) is 27.7 Å². The van der Waals surface area contributed by atoms with Gasteiger partial charge in [-0.1, -0.05) is 44.5 Å². The van der Waals surface area contributed by atoms with E-state index in [4.69, 9.17) is 23.8 Å². The number of ketones is 1. The van der Waals surface area contributed by atoms with Crippen molar-refractivity contribution in [3.8, 4) is 11.5 Å². The average molecular weight is 727 g/mol. The predicted molar refractivity (Wildman–Crippen MR) is 182 cm³/mol. The van der Waals surface area contributed by atoms with Crippen molar-refractivity contribution in [1.82, 2.24) is 5.32 Å². The van der Waals surface area contributed by atoms with Crippen molar-refractivity contribution in [2.75, 3.05) is 40.9 Å². The fraction of sp³-hybridized carbons (Fsp3) is 0.421. The molecule has 1 aliphatic rings. The van der Waals surface area contributed by atoms with Crippen molar-refractivity contribution >= 4 is 23.8 Å². The van der Waals surface area contributed by atoms with Gasteiger partial charge in [0.1, 0.15) is 30.2 Å². The molecule has 0 aromatic heterocycles. The maximum atomic E-state index is 14.7. The number of carboxylic acid groups (broad SMARTS) is 1. The van der Waals surface area contributed by atoms with Crippen LogP contribution in [0.3, 0.4) is 0 Å². The Morgan fingerprint density at radius 2 is 1.44 bits per heavy atom. The van der Waals surface area contributed by atoms with Crippen LogP contribution >= 0.6 is 0 Å². The highest BCUT2D eigenvalue weighted by molar-refractivity contribution is 6.11. The van der Waals surface area contributed by atoms with E-state index in [2.05, 4.69) is 5.32 Å². The number of likely N-dealkylation sites (tertiary alicyclic amines) is 1. The fourth-order valence-corrected chi connectivity index (χ4v) is 6.02. The van der Waals surface area contributed by atoms with Crippen LogP contribution in [0.5, 0.6) is 11.5 Å². The molecule has 4 rings (SSSR count). The van der Waals surface area contributed by atoms with Gasteiger partial charge in [0.2, 0.25) is 0 Å². The number of halogens is 2. The Labute approximate surface area is 301 Å². The first-order valence-corrected chi connectivity index (χ1v) is 16.9. The number of carbonyl (C=O) groups excluding carboxylic acids is 4. The Bertz CT molecular complexity index is 1750. The monoisotopic (exact) mass is 726 g/mol. The Morgan fingerprint density at radius 3 is 2.02 bits per heavy atom. The number of hydroxylamine groups is 3. The zero-order chi connectivity index (χ0) is 38.2. The SMILES string of the molecule is COCOc1ccc(F)c(F)c1C(=O)c1ccc(C(=O)O[N+]2(C(=O)[O-])CCCCC(NC(=O)c3cc(C(C)C)c(OCOC)c(C(C)C)c3)C2)cc1. The Hall–Kier alpha value is -4.92. The van der Waals surface area contributed by atoms with Gasteiger partial charge in [0, 0.05) is 31.8 Å². The van der Waals surface area contributed by atoms with Crippen LogP contribution < -0.4 is 19.9 Å². The summed E-state index contributed by atoms with van der Waals surface area (Å²) in [7, 11) is 2.84. The van der Waals surface area contributed by atoms with Gasteiger partial charge < -0.3 is 34.2 Å². The second-order valence-corrected chi connectivity index (χ2v) is 13.1. The lowest BCUT2D eigenvalue weighted by molar-refractivity contribution is -1.04. The van der Waals surface area contributed by atoms with Crippen LogP contribution in [0.1, 0.15) is 107 Å². The average Bonchev–Trinajstić information content (AvgIpc) is 3.32. The lowest BCUT2D eigenvalue weighted by Crippen LogP contribution is -2.63. The zero-order valence-corrected chi connectivity index (χ0v) is 30.1. The Kier molecular flexibility index (Phi) is 13.4. The summed E-state index contributed by atoms with van der Waals surface area (Å²) in [4.78, 5) is 58.5. The zero-order valence-electron chi connectivity index (χ0n) is 30.1. The van der Waals surface area contributed by atoms with Crippen LogP contribution in [-0.4, -0.2) is 75.3 Å². The number of hydrogen-bond donors (Lipinski definition) is 1. The van der Waals surface area contributed by atoms with Crippen LogP contribution in [-0.2, 0) is 14.3 Å². The predicted octanol–water partition coefficient (Wildman–Crippen LogP) is 5.62. The molecule has 12 nitrogen and oxygen atoms in total. The molecule has 1 saturated heterocycles. The molecule has 3 aromatic rings. The molecule has 14 heteroatoms. The van der Waals surface area contributed by atoms with E-state index in [1.54, 1.807) is 12.1 Å². The molecule has 1 N–H and O–H groups in total. The molecule has 0 radical (unpaired) electrons. The van der Waals surface area contributed by atoms with Gasteiger partial charge in [0.05, 0.1) is 11.6 Å². The highest BCUT2D eigenvalue weighted by atomic mass is 19.2. The number of benzene rings is 3. The molecule has 2 unspecified atom stereocenters. The molecule has 0 spiro atoms. The Balaban J connectivity index is 1.55. The number of ether oxygens (including phenoxy) is 4. The van der Waals surface area contributed by atoms with E-state index in [1.165, 1.54) is 38.5 Å². The summed E-state index contributed by atoms with van der Waals surface area (Å²) in [6, 6.07) is 9.49. The molecule has 0 bridgehead atoms. The van der Waals surface area contributed by atoms with E-state index in [0.717, 1.165) is 23.3 Å². The first-order valence-electron chi connectivity index (χ1n) is 16.9. The molecule has 280 valence electrons. The van der Waals surface area contributed by atoms with Crippen molar-refractivity contribution in [2.24, 2.45) is 0 Å². The summed E-state index contributed by atoms with van der Waals surface area (Å²) in [5.41, 5.74) is 1.12. The van der Waals surface area contributed by atoms with Crippen molar-refractivity contribution < 1.29 is 61.5 Å². The van der Waals surface area contributed by atoms with E-state index >= 15 is 0 Å². The number of methoxy groups -OCH3 is 2. The minimum atomic E-state index is -1.67. The van der Waals surface area contributed by atoms with Gasteiger partial charge in [-0.15, -0.1) is 0 Å². The lowest BCUT2D eigenvalue weighted by Gasteiger charge is -2.34. The second-order valence-electron chi connectivity index (χ2n) is 13.1. The van der Waals surface area contributed by atoms with Crippen LogP contribution in [0, 0.1) is 11.6 Å². The standard InChI is InChI=1S/C38H44F2N2O10/c1-22(2)28-17-26(18-29(23(3)4)35(28)51-21-49-6)36(44)41-27-9-7-8-16-42(19-27,38(46)47)52-37(45)25-12-10-24(11-13-25)34(43)32-31(50-20-48-5)15-14-30(39)33(32)40/h10-15,17-18,22-23,27H,7-9,16,19-21H2,1-6H3,(H-,41,44,46,47). The molecule has 2 atom stereocenters. The summed E-state index contributed by atoms with van der Waals surface area (Å²) in [6.45, 7) is 7.23. The van der Waals surface area contributed by atoms with Crippen molar-refractivity contribution in [3.05, 3.63) is 93.5 Å².